The summed E-state index contributed by atoms with van der Waals surface area (Å²) < 4.78 is 26.1. The Morgan fingerprint density at radius 3 is 2.58 bits per heavy atom. The first-order valence-corrected chi connectivity index (χ1v) is 12.8. The average molecular weight is 442 g/mol. The number of carbonyl (C=O) groups is 1. The van der Waals surface area contributed by atoms with Crippen LogP contribution in [0.15, 0.2) is 48.5 Å². The number of nitrogens with zero attached hydrogens (tertiary/aromatic N) is 2. The Morgan fingerprint density at radius 2 is 1.84 bits per heavy atom. The third-order valence-corrected chi connectivity index (χ3v) is 8.03. The topological polar surface area (TPSA) is 69.7 Å². The number of carbonyl (C=O) groups excluding carboxylic acids is 1. The van der Waals surface area contributed by atoms with Crippen LogP contribution in [0.3, 0.4) is 0 Å². The minimum Gasteiger partial charge on any atom is -0.371 e. The van der Waals surface area contributed by atoms with Crippen LogP contribution in [0, 0.1) is 5.92 Å². The van der Waals surface area contributed by atoms with Crippen molar-refractivity contribution < 1.29 is 13.2 Å². The molecule has 0 bridgehead atoms. The molecular formula is C24H31N3O3S. The summed E-state index contributed by atoms with van der Waals surface area (Å²) >= 11 is 0. The molecule has 1 atom stereocenters. The van der Waals surface area contributed by atoms with E-state index >= 15 is 0 Å². The van der Waals surface area contributed by atoms with E-state index in [-0.39, 0.29) is 11.7 Å². The minimum atomic E-state index is -3.29. The number of piperidine rings is 1. The molecule has 2 heterocycles. The van der Waals surface area contributed by atoms with Crippen molar-refractivity contribution in [3.63, 3.8) is 0 Å². The van der Waals surface area contributed by atoms with Gasteiger partial charge in [-0.15, -0.1) is 0 Å². The first-order valence-electron chi connectivity index (χ1n) is 11.1. The Balaban J connectivity index is 1.38. The summed E-state index contributed by atoms with van der Waals surface area (Å²) in [6, 6.07) is 15.2. The van der Waals surface area contributed by atoms with Gasteiger partial charge in [-0.1, -0.05) is 25.1 Å². The molecule has 2 aliphatic rings. The first-order chi connectivity index (χ1) is 14.9. The SMILES string of the molecule is C[C@@H]1CCCN(c2ccc(CNC(=O)c3cccc(N4CCCCS4(=O)=O)c3)cc2)C1. The standard InChI is InChI=1S/C24H31N3O3S/c1-19-6-5-13-26(18-19)22-11-9-20(10-12-22)17-25-24(28)21-7-4-8-23(16-21)27-14-2-3-15-31(27,29)30/h4,7-12,16,19H,2-3,5-6,13-15,17-18H2,1H3,(H,25,28)/t19-/m1/s1. The minimum absolute atomic E-state index is 0.162. The fourth-order valence-corrected chi connectivity index (χ4v) is 6.05. The summed E-state index contributed by atoms with van der Waals surface area (Å²) in [5, 5.41) is 2.95. The zero-order valence-corrected chi connectivity index (χ0v) is 18.9. The van der Waals surface area contributed by atoms with Crippen molar-refractivity contribution in [3.05, 3.63) is 59.7 Å². The molecule has 2 aromatic rings. The normalized spacial score (nSPS) is 21.0. The van der Waals surface area contributed by atoms with Gasteiger partial charge in [0.25, 0.3) is 5.91 Å². The first kappa shape index (κ1) is 21.7. The molecule has 7 heteroatoms. The molecule has 166 valence electrons. The molecule has 0 radical (unpaired) electrons. The molecule has 1 amide bonds. The third-order valence-electron chi connectivity index (χ3n) is 6.16. The maximum atomic E-state index is 12.7. The van der Waals surface area contributed by atoms with Crippen LogP contribution in [0.5, 0.6) is 0 Å². The maximum Gasteiger partial charge on any atom is 0.251 e. The lowest BCUT2D eigenvalue weighted by molar-refractivity contribution is 0.0951. The molecule has 4 rings (SSSR count). The van der Waals surface area contributed by atoms with Crippen molar-refractivity contribution in [2.45, 2.75) is 39.2 Å². The number of benzene rings is 2. The predicted molar refractivity (Wildman–Crippen MR) is 125 cm³/mol. The highest BCUT2D eigenvalue weighted by atomic mass is 32.2. The second-order valence-electron chi connectivity index (χ2n) is 8.69. The molecule has 0 aromatic heterocycles. The second kappa shape index (κ2) is 9.30. The Morgan fingerprint density at radius 1 is 1.03 bits per heavy atom. The highest BCUT2D eigenvalue weighted by Gasteiger charge is 2.26. The van der Waals surface area contributed by atoms with Crippen LogP contribution in [-0.4, -0.2) is 39.7 Å². The number of hydrogen-bond acceptors (Lipinski definition) is 4. The van der Waals surface area contributed by atoms with Crippen LogP contribution in [0.25, 0.3) is 0 Å². The van der Waals surface area contributed by atoms with Gasteiger partial charge in [-0.3, -0.25) is 9.10 Å². The van der Waals surface area contributed by atoms with Crippen molar-refractivity contribution in [1.29, 1.82) is 0 Å². The maximum absolute atomic E-state index is 12.7. The molecule has 2 aromatic carbocycles. The highest BCUT2D eigenvalue weighted by Crippen LogP contribution is 2.25. The van der Waals surface area contributed by atoms with Gasteiger partial charge in [0.15, 0.2) is 0 Å². The van der Waals surface area contributed by atoms with Crippen LogP contribution in [-0.2, 0) is 16.6 Å². The van der Waals surface area contributed by atoms with Crippen LogP contribution in [0.2, 0.25) is 0 Å². The van der Waals surface area contributed by atoms with Crippen molar-refractivity contribution in [3.8, 4) is 0 Å². The molecule has 2 saturated heterocycles. The second-order valence-corrected chi connectivity index (χ2v) is 10.7. The highest BCUT2D eigenvalue weighted by molar-refractivity contribution is 7.92. The molecule has 0 saturated carbocycles. The molecule has 2 fully saturated rings. The number of sulfonamides is 1. The Labute approximate surface area is 185 Å². The fraction of sp³-hybridized carbons (Fsp3) is 0.458. The van der Waals surface area contributed by atoms with Crippen LogP contribution in [0.4, 0.5) is 11.4 Å². The van der Waals surface area contributed by atoms with E-state index in [1.807, 2.05) is 0 Å². The number of rotatable bonds is 5. The number of hydrogen-bond donors (Lipinski definition) is 1. The smallest absolute Gasteiger partial charge is 0.251 e. The Kier molecular flexibility index (Phi) is 6.51. The lowest BCUT2D eigenvalue weighted by Crippen LogP contribution is -2.38. The Hall–Kier alpha value is -2.54. The van der Waals surface area contributed by atoms with Crippen molar-refractivity contribution in [1.82, 2.24) is 5.32 Å². The van der Waals surface area contributed by atoms with E-state index in [1.165, 1.54) is 22.8 Å². The summed E-state index contributed by atoms with van der Waals surface area (Å²) in [5.41, 5.74) is 3.30. The van der Waals surface area contributed by atoms with Crippen molar-refractivity contribution in [2.24, 2.45) is 5.92 Å². The summed E-state index contributed by atoms with van der Waals surface area (Å²) in [6.07, 6.45) is 4.05. The number of anilines is 2. The molecule has 0 unspecified atom stereocenters. The molecule has 0 spiro atoms. The van der Waals surface area contributed by atoms with Gasteiger partial charge in [0, 0.05) is 37.4 Å². The van der Waals surface area contributed by atoms with E-state index in [2.05, 4.69) is 41.4 Å². The quantitative estimate of drug-likeness (QED) is 0.767. The predicted octanol–water partition coefficient (Wildman–Crippen LogP) is 3.78. The van der Waals surface area contributed by atoms with Crippen molar-refractivity contribution >= 4 is 27.3 Å². The molecule has 0 aliphatic carbocycles. The van der Waals surface area contributed by atoms with E-state index in [0.29, 0.717) is 30.8 Å². The Bertz CT molecular complexity index is 1020. The summed E-state index contributed by atoms with van der Waals surface area (Å²) in [6.45, 7) is 5.39. The van der Waals surface area contributed by atoms with Crippen molar-refractivity contribution in [2.75, 3.05) is 34.6 Å². The van der Waals surface area contributed by atoms with Gasteiger partial charge in [-0.2, -0.15) is 0 Å². The van der Waals surface area contributed by atoms with Crippen LogP contribution >= 0.6 is 0 Å². The zero-order valence-electron chi connectivity index (χ0n) is 18.1. The van der Waals surface area contributed by atoms with Gasteiger partial charge in [0.05, 0.1) is 11.4 Å². The summed E-state index contributed by atoms with van der Waals surface area (Å²) in [7, 11) is -3.29. The summed E-state index contributed by atoms with van der Waals surface area (Å²) in [5.74, 6) is 0.684. The van der Waals surface area contributed by atoms with Gasteiger partial charge in [-0.25, -0.2) is 8.42 Å². The van der Waals surface area contributed by atoms with Crippen LogP contribution < -0.4 is 14.5 Å². The zero-order chi connectivity index (χ0) is 21.8. The largest absolute Gasteiger partial charge is 0.371 e. The molecule has 1 N–H and O–H groups in total. The molecule has 6 nitrogen and oxygen atoms in total. The van der Waals surface area contributed by atoms with Gasteiger partial charge >= 0.3 is 0 Å². The van der Waals surface area contributed by atoms with Crippen LogP contribution in [0.1, 0.15) is 48.5 Å². The average Bonchev–Trinajstić information content (AvgIpc) is 2.77. The molecule has 2 aliphatic heterocycles. The van der Waals surface area contributed by atoms with E-state index < -0.39 is 10.0 Å². The number of nitrogens with one attached hydrogen (secondary N) is 1. The van der Waals surface area contributed by atoms with E-state index in [1.54, 1.807) is 24.3 Å². The van der Waals surface area contributed by atoms with E-state index in [9.17, 15) is 13.2 Å². The third kappa shape index (κ3) is 5.21. The van der Waals surface area contributed by atoms with Gasteiger partial charge in [0.1, 0.15) is 0 Å². The lowest BCUT2D eigenvalue weighted by Gasteiger charge is -2.32. The van der Waals surface area contributed by atoms with E-state index in [0.717, 1.165) is 31.0 Å². The fourth-order valence-electron chi connectivity index (χ4n) is 4.41. The van der Waals surface area contributed by atoms with Gasteiger partial charge in [-0.05, 0) is 67.5 Å². The monoisotopic (exact) mass is 441 g/mol. The molecule has 31 heavy (non-hydrogen) atoms. The number of amides is 1. The van der Waals surface area contributed by atoms with Gasteiger partial charge in [0.2, 0.25) is 10.0 Å². The lowest BCUT2D eigenvalue weighted by atomic mass is 9.99. The summed E-state index contributed by atoms with van der Waals surface area (Å²) in [4.78, 5) is 15.1. The van der Waals surface area contributed by atoms with Gasteiger partial charge < -0.3 is 10.2 Å². The molecular weight excluding hydrogens is 410 g/mol. The van der Waals surface area contributed by atoms with E-state index in [4.69, 9.17) is 0 Å².